The molecule has 0 fully saturated rings. The topological polar surface area (TPSA) is 125 Å². The molecule has 10 nitrogen and oxygen atoms in total. The number of ether oxygens (including phenoxy) is 2. The third-order valence-electron chi connectivity index (χ3n) is 4.98. The summed E-state index contributed by atoms with van der Waals surface area (Å²) < 4.78 is 10.6. The number of benzene rings is 2. The maximum Gasteiger partial charge on any atom is 0.269 e. The maximum absolute atomic E-state index is 12.6. The van der Waals surface area contributed by atoms with Crippen LogP contribution in [0.4, 0.5) is 5.69 Å². The molecule has 0 saturated heterocycles. The number of amides is 1. The second-order valence-corrected chi connectivity index (χ2v) is 7.40. The SMILES string of the molecule is COc1ccc(C(=O)Cc2ncc(C(=O)N(C)CCCOc3ccc([N+](=O)[O-])cc3)cn2)cc1. The van der Waals surface area contributed by atoms with Crippen molar-refractivity contribution in [3.63, 3.8) is 0 Å². The summed E-state index contributed by atoms with van der Waals surface area (Å²) in [6, 6.07) is 12.6. The molecule has 3 rings (SSSR count). The smallest absolute Gasteiger partial charge is 0.269 e. The Morgan fingerprint density at radius 3 is 2.18 bits per heavy atom. The van der Waals surface area contributed by atoms with Crippen molar-refractivity contribution in [1.29, 1.82) is 0 Å². The number of carbonyl (C=O) groups is 2. The molecular weight excluding hydrogens is 440 g/mol. The van der Waals surface area contributed by atoms with Crippen molar-refractivity contribution in [1.82, 2.24) is 14.9 Å². The number of carbonyl (C=O) groups excluding carboxylic acids is 2. The minimum atomic E-state index is -0.473. The van der Waals surface area contributed by atoms with Crippen molar-refractivity contribution < 1.29 is 24.0 Å². The summed E-state index contributed by atoms with van der Waals surface area (Å²) in [5.41, 5.74) is 0.843. The predicted molar refractivity (Wildman–Crippen MR) is 123 cm³/mol. The van der Waals surface area contributed by atoms with Gasteiger partial charge in [0.15, 0.2) is 5.78 Å². The number of rotatable bonds is 11. The van der Waals surface area contributed by atoms with Crippen LogP contribution in [0.2, 0.25) is 0 Å². The minimum absolute atomic E-state index is 0.00369. The average Bonchev–Trinajstić information content (AvgIpc) is 2.86. The van der Waals surface area contributed by atoms with E-state index in [1.54, 1.807) is 38.4 Å². The number of hydrogen-bond donors (Lipinski definition) is 0. The van der Waals surface area contributed by atoms with E-state index in [1.807, 2.05) is 0 Å². The van der Waals surface area contributed by atoms with E-state index in [4.69, 9.17) is 9.47 Å². The fourth-order valence-corrected chi connectivity index (χ4v) is 3.06. The molecule has 1 amide bonds. The predicted octanol–water partition coefficient (Wildman–Crippen LogP) is 3.36. The zero-order chi connectivity index (χ0) is 24.5. The van der Waals surface area contributed by atoms with Crippen LogP contribution < -0.4 is 9.47 Å². The molecule has 3 aromatic rings. The van der Waals surface area contributed by atoms with E-state index < -0.39 is 4.92 Å². The Morgan fingerprint density at radius 2 is 1.59 bits per heavy atom. The first-order valence-corrected chi connectivity index (χ1v) is 10.5. The number of ketones is 1. The van der Waals surface area contributed by atoms with Gasteiger partial charge in [0.1, 0.15) is 17.3 Å². The average molecular weight is 464 g/mol. The van der Waals surface area contributed by atoms with Crippen LogP contribution in [0, 0.1) is 10.1 Å². The van der Waals surface area contributed by atoms with Crippen molar-refractivity contribution >= 4 is 17.4 Å². The van der Waals surface area contributed by atoms with Crippen molar-refractivity contribution in [3.8, 4) is 11.5 Å². The number of aromatic nitrogens is 2. The molecule has 0 atom stereocenters. The van der Waals surface area contributed by atoms with Crippen molar-refractivity contribution in [3.05, 3.63) is 88.0 Å². The van der Waals surface area contributed by atoms with Crippen LogP contribution in [0.15, 0.2) is 60.9 Å². The van der Waals surface area contributed by atoms with E-state index in [9.17, 15) is 19.7 Å². The number of methoxy groups -OCH3 is 1. The number of non-ortho nitro benzene ring substituents is 1. The van der Waals surface area contributed by atoms with E-state index in [0.717, 1.165) is 0 Å². The summed E-state index contributed by atoms with van der Waals surface area (Å²) in [7, 11) is 3.22. The van der Waals surface area contributed by atoms with Crippen LogP contribution in [0.3, 0.4) is 0 Å². The van der Waals surface area contributed by atoms with Gasteiger partial charge in [0.05, 0.1) is 30.6 Å². The van der Waals surface area contributed by atoms with Crippen LogP contribution in [0.25, 0.3) is 0 Å². The highest BCUT2D eigenvalue weighted by Gasteiger charge is 2.14. The largest absolute Gasteiger partial charge is 0.497 e. The van der Waals surface area contributed by atoms with Crippen LogP contribution in [0.1, 0.15) is 33.0 Å². The van der Waals surface area contributed by atoms with E-state index in [-0.39, 0.29) is 23.8 Å². The molecule has 0 radical (unpaired) electrons. The number of nitrogens with zero attached hydrogens (tertiary/aromatic N) is 4. The Morgan fingerprint density at radius 1 is 0.971 bits per heavy atom. The van der Waals surface area contributed by atoms with Gasteiger partial charge < -0.3 is 14.4 Å². The van der Waals surface area contributed by atoms with Gasteiger partial charge in [-0.3, -0.25) is 19.7 Å². The molecule has 0 saturated carbocycles. The fraction of sp³-hybridized carbons (Fsp3) is 0.250. The van der Waals surface area contributed by atoms with Gasteiger partial charge in [-0.1, -0.05) is 0 Å². The van der Waals surface area contributed by atoms with Gasteiger partial charge in [-0.15, -0.1) is 0 Å². The first-order valence-electron chi connectivity index (χ1n) is 10.5. The third kappa shape index (κ3) is 6.58. The first-order chi connectivity index (χ1) is 16.4. The summed E-state index contributed by atoms with van der Waals surface area (Å²) in [5.74, 6) is 1.14. The normalized spacial score (nSPS) is 10.4. The highest BCUT2D eigenvalue weighted by molar-refractivity contribution is 5.97. The lowest BCUT2D eigenvalue weighted by Gasteiger charge is -2.17. The lowest BCUT2D eigenvalue weighted by Crippen LogP contribution is -2.29. The molecule has 10 heteroatoms. The van der Waals surface area contributed by atoms with E-state index in [2.05, 4.69) is 9.97 Å². The molecule has 0 aliphatic rings. The van der Waals surface area contributed by atoms with Crippen LogP contribution in [-0.2, 0) is 6.42 Å². The Bertz CT molecular complexity index is 1130. The van der Waals surface area contributed by atoms with Crippen LogP contribution in [0.5, 0.6) is 11.5 Å². The van der Waals surface area contributed by atoms with Gasteiger partial charge in [-0.25, -0.2) is 9.97 Å². The molecular formula is C24H24N4O6. The van der Waals surface area contributed by atoms with Crippen molar-refractivity contribution in [2.24, 2.45) is 0 Å². The summed E-state index contributed by atoms with van der Waals surface area (Å²) in [6.45, 7) is 0.780. The lowest BCUT2D eigenvalue weighted by atomic mass is 10.1. The van der Waals surface area contributed by atoms with E-state index in [1.165, 1.54) is 41.6 Å². The molecule has 2 aromatic carbocycles. The maximum atomic E-state index is 12.6. The Hall–Kier alpha value is -4.34. The van der Waals surface area contributed by atoms with E-state index in [0.29, 0.717) is 48.0 Å². The summed E-state index contributed by atoms with van der Waals surface area (Å²) in [6.07, 6.45) is 3.41. The molecule has 0 spiro atoms. The number of hydrogen-bond acceptors (Lipinski definition) is 8. The zero-order valence-corrected chi connectivity index (χ0v) is 18.8. The zero-order valence-electron chi connectivity index (χ0n) is 18.8. The number of nitro groups is 1. The molecule has 1 aromatic heterocycles. The molecule has 0 aliphatic heterocycles. The van der Waals surface area contributed by atoms with Crippen LogP contribution in [-0.4, -0.2) is 58.8 Å². The Balaban J connectivity index is 1.45. The lowest BCUT2D eigenvalue weighted by molar-refractivity contribution is -0.384. The summed E-state index contributed by atoms with van der Waals surface area (Å²) >= 11 is 0. The standard InChI is InChI=1S/C24H24N4O6/c1-27(12-3-13-34-21-10-6-19(7-11-21)28(31)32)24(30)18-15-25-23(26-16-18)14-22(29)17-4-8-20(33-2)9-5-17/h4-11,15-16H,3,12-14H2,1-2H3. The second kappa shape index (κ2) is 11.5. The van der Waals surface area contributed by atoms with Gasteiger partial charge in [0.25, 0.3) is 11.6 Å². The highest BCUT2D eigenvalue weighted by Crippen LogP contribution is 2.17. The molecule has 0 bridgehead atoms. The fourth-order valence-electron chi connectivity index (χ4n) is 3.06. The second-order valence-electron chi connectivity index (χ2n) is 7.40. The van der Waals surface area contributed by atoms with Crippen molar-refractivity contribution in [2.45, 2.75) is 12.8 Å². The first kappa shape index (κ1) is 24.3. The minimum Gasteiger partial charge on any atom is -0.497 e. The number of Topliss-reactive ketones (excluding diaryl/α,β-unsaturated/α-hetero) is 1. The van der Waals surface area contributed by atoms with Gasteiger partial charge in [0, 0.05) is 43.7 Å². The van der Waals surface area contributed by atoms with Gasteiger partial charge in [0.2, 0.25) is 0 Å². The van der Waals surface area contributed by atoms with Crippen molar-refractivity contribution in [2.75, 3.05) is 27.3 Å². The van der Waals surface area contributed by atoms with Gasteiger partial charge in [-0.2, -0.15) is 0 Å². The molecule has 34 heavy (non-hydrogen) atoms. The van der Waals surface area contributed by atoms with Crippen LogP contribution >= 0.6 is 0 Å². The molecule has 176 valence electrons. The van der Waals surface area contributed by atoms with Gasteiger partial charge in [-0.05, 0) is 42.8 Å². The molecule has 0 N–H and O–H groups in total. The highest BCUT2D eigenvalue weighted by atomic mass is 16.6. The van der Waals surface area contributed by atoms with E-state index >= 15 is 0 Å². The molecule has 0 aliphatic carbocycles. The Labute approximate surface area is 196 Å². The monoisotopic (exact) mass is 464 g/mol. The molecule has 1 heterocycles. The summed E-state index contributed by atoms with van der Waals surface area (Å²) in [5, 5.41) is 10.7. The third-order valence-corrected chi connectivity index (χ3v) is 4.98. The summed E-state index contributed by atoms with van der Waals surface area (Å²) in [4.78, 5) is 45.0. The number of nitro benzene ring substituents is 1. The van der Waals surface area contributed by atoms with Gasteiger partial charge >= 0.3 is 0 Å². The molecule has 0 unspecified atom stereocenters. The quantitative estimate of drug-likeness (QED) is 0.183. The Kier molecular flexibility index (Phi) is 8.22.